The monoisotopic (exact) mass is 283 g/mol. The predicted octanol–water partition coefficient (Wildman–Crippen LogP) is 2.31. The minimum absolute atomic E-state index is 0.00256. The first-order valence-corrected chi connectivity index (χ1v) is 8.31. The average molecular weight is 283 g/mol. The molecule has 1 aromatic carbocycles. The number of benzene rings is 1. The van der Waals surface area contributed by atoms with Gasteiger partial charge in [-0.05, 0) is 31.9 Å². The van der Waals surface area contributed by atoms with Crippen LogP contribution in [-0.4, -0.2) is 27.2 Å². The largest absolute Gasteiger partial charge is 0.377 e. The van der Waals surface area contributed by atoms with Crippen molar-refractivity contribution in [2.24, 2.45) is 0 Å². The maximum absolute atomic E-state index is 12.3. The standard InChI is InChI=1S/C14H21NO3S/c1-2-18-14-11-7-6-10-13(14)15-19(16,17)12-8-4-3-5-9-12/h3-5,8-9,13-15H,2,6-7,10-11H2,1H3. The highest BCUT2D eigenvalue weighted by Gasteiger charge is 2.29. The summed E-state index contributed by atoms with van der Waals surface area (Å²) in [5, 5.41) is 0. The van der Waals surface area contributed by atoms with Crippen LogP contribution in [0.1, 0.15) is 32.6 Å². The zero-order valence-corrected chi connectivity index (χ0v) is 12.0. The molecular formula is C14H21NO3S. The number of ether oxygens (including phenoxy) is 1. The molecule has 4 nitrogen and oxygen atoms in total. The smallest absolute Gasteiger partial charge is 0.240 e. The van der Waals surface area contributed by atoms with Gasteiger partial charge in [0.2, 0.25) is 10.0 Å². The molecule has 0 spiro atoms. The van der Waals surface area contributed by atoms with Crippen LogP contribution in [0.2, 0.25) is 0 Å². The van der Waals surface area contributed by atoms with Gasteiger partial charge in [-0.2, -0.15) is 0 Å². The van der Waals surface area contributed by atoms with Crippen molar-refractivity contribution in [3.63, 3.8) is 0 Å². The van der Waals surface area contributed by atoms with Crippen molar-refractivity contribution < 1.29 is 13.2 Å². The van der Waals surface area contributed by atoms with E-state index in [0.29, 0.717) is 11.5 Å². The van der Waals surface area contributed by atoms with Gasteiger partial charge in [-0.3, -0.25) is 0 Å². The van der Waals surface area contributed by atoms with Crippen molar-refractivity contribution >= 4 is 10.0 Å². The Morgan fingerprint density at radius 3 is 2.58 bits per heavy atom. The number of hydrogen-bond donors (Lipinski definition) is 1. The normalized spacial score (nSPS) is 24.3. The van der Waals surface area contributed by atoms with Crippen molar-refractivity contribution in [2.45, 2.75) is 49.6 Å². The lowest BCUT2D eigenvalue weighted by Crippen LogP contribution is -2.46. The molecule has 5 heteroatoms. The summed E-state index contributed by atoms with van der Waals surface area (Å²) in [7, 11) is -3.44. The predicted molar refractivity (Wildman–Crippen MR) is 74.4 cm³/mol. The van der Waals surface area contributed by atoms with Gasteiger partial charge < -0.3 is 4.74 Å². The van der Waals surface area contributed by atoms with Crippen LogP contribution in [-0.2, 0) is 14.8 Å². The average Bonchev–Trinajstić information content (AvgIpc) is 2.42. The molecule has 0 radical (unpaired) electrons. The van der Waals surface area contributed by atoms with Crippen LogP contribution < -0.4 is 4.72 Å². The summed E-state index contributed by atoms with van der Waals surface area (Å²) in [6, 6.07) is 8.38. The SMILES string of the molecule is CCOC1CCCCC1NS(=O)(=O)c1ccccc1. The van der Waals surface area contributed by atoms with E-state index in [-0.39, 0.29) is 12.1 Å². The van der Waals surface area contributed by atoms with E-state index in [4.69, 9.17) is 4.74 Å². The summed E-state index contributed by atoms with van der Waals surface area (Å²) in [4.78, 5) is 0.316. The zero-order valence-electron chi connectivity index (χ0n) is 11.2. The third kappa shape index (κ3) is 3.78. The lowest BCUT2D eigenvalue weighted by atomic mass is 9.93. The summed E-state index contributed by atoms with van der Waals surface area (Å²) in [5.41, 5.74) is 0. The molecular weight excluding hydrogens is 262 g/mol. The van der Waals surface area contributed by atoms with Gasteiger partial charge in [0.25, 0.3) is 0 Å². The van der Waals surface area contributed by atoms with E-state index in [9.17, 15) is 8.42 Å². The Balaban J connectivity index is 2.10. The van der Waals surface area contributed by atoms with Crippen molar-refractivity contribution in [1.29, 1.82) is 0 Å². The first-order valence-electron chi connectivity index (χ1n) is 6.82. The maximum Gasteiger partial charge on any atom is 0.240 e. The highest BCUT2D eigenvalue weighted by Crippen LogP contribution is 2.23. The van der Waals surface area contributed by atoms with Gasteiger partial charge in [-0.25, -0.2) is 13.1 Å². The minimum atomic E-state index is -3.44. The topological polar surface area (TPSA) is 55.4 Å². The number of nitrogens with one attached hydrogen (secondary N) is 1. The lowest BCUT2D eigenvalue weighted by molar-refractivity contribution is 0.0184. The molecule has 1 fully saturated rings. The molecule has 2 atom stereocenters. The van der Waals surface area contributed by atoms with Crippen molar-refractivity contribution in [2.75, 3.05) is 6.61 Å². The summed E-state index contributed by atoms with van der Waals surface area (Å²) in [5.74, 6) is 0. The molecule has 0 aliphatic heterocycles. The van der Waals surface area contributed by atoms with Crippen LogP contribution in [0.25, 0.3) is 0 Å². The molecule has 2 unspecified atom stereocenters. The van der Waals surface area contributed by atoms with Crippen molar-refractivity contribution in [3.8, 4) is 0 Å². The molecule has 19 heavy (non-hydrogen) atoms. The Morgan fingerprint density at radius 1 is 1.21 bits per heavy atom. The van der Waals surface area contributed by atoms with Crippen LogP contribution >= 0.6 is 0 Å². The van der Waals surface area contributed by atoms with E-state index in [1.165, 1.54) is 0 Å². The second kappa shape index (κ2) is 6.50. The third-order valence-electron chi connectivity index (χ3n) is 3.44. The second-order valence-electron chi connectivity index (χ2n) is 4.82. The van der Waals surface area contributed by atoms with Gasteiger partial charge in [0.15, 0.2) is 0 Å². The first kappa shape index (κ1) is 14.5. The fourth-order valence-corrected chi connectivity index (χ4v) is 3.83. The molecule has 1 saturated carbocycles. The van der Waals surface area contributed by atoms with Crippen molar-refractivity contribution in [1.82, 2.24) is 4.72 Å². The van der Waals surface area contributed by atoms with Gasteiger partial charge in [0.1, 0.15) is 0 Å². The van der Waals surface area contributed by atoms with E-state index < -0.39 is 10.0 Å². The van der Waals surface area contributed by atoms with E-state index >= 15 is 0 Å². The van der Waals surface area contributed by atoms with E-state index in [1.807, 2.05) is 13.0 Å². The molecule has 0 saturated heterocycles. The van der Waals surface area contributed by atoms with E-state index in [0.717, 1.165) is 25.7 Å². The van der Waals surface area contributed by atoms with Gasteiger partial charge in [-0.15, -0.1) is 0 Å². The molecule has 0 aromatic heterocycles. The molecule has 1 aromatic rings. The molecule has 106 valence electrons. The Labute approximate surface area is 115 Å². The molecule has 0 amide bonds. The Morgan fingerprint density at radius 2 is 1.89 bits per heavy atom. The molecule has 1 N–H and O–H groups in total. The van der Waals surface area contributed by atoms with Gasteiger partial charge in [-0.1, -0.05) is 31.0 Å². The second-order valence-corrected chi connectivity index (χ2v) is 6.53. The number of sulfonamides is 1. The van der Waals surface area contributed by atoms with Gasteiger partial charge in [0.05, 0.1) is 11.0 Å². The van der Waals surface area contributed by atoms with E-state index in [1.54, 1.807) is 24.3 Å². The summed E-state index contributed by atoms with van der Waals surface area (Å²) in [6.45, 7) is 2.56. The fourth-order valence-electron chi connectivity index (χ4n) is 2.51. The molecule has 1 aliphatic carbocycles. The number of hydrogen-bond acceptors (Lipinski definition) is 3. The quantitative estimate of drug-likeness (QED) is 0.902. The molecule has 1 aliphatic rings. The third-order valence-corrected chi connectivity index (χ3v) is 4.95. The summed E-state index contributed by atoms with van der Waals surface area (Å²) in [6.07, 6.45) is 3.92. The van der Waals surface area contributed by atoms with Crippen molar-refractivity contribution in [3.05, 3.63) is 30.3 Å². The summed E-state index contributed by atoms with van der Waals surface area (Å²) >= 11 is 0. The molecule has 0 heterocycles. The van der Waals surface area contributed by atoms with Crippen LogP contribution in [0.4, 0.5) is 0 Å². The van der Waals surface area contributed by atoms with E-state index in [2.05, 4.69) is 4.72 Å². The van der Waals surface area contributed by atoms with Gasteiger partial charge >= 0.3 is 0 Å². The molecule has 0 bridgehead atoms. The fraction of sp³-hybridized carbons (Fsp3) is 0.571. The van der Waals surface area contributed by atoms with Crippen LogP contribution in [0.3, 0.4) is 0 Å². The maximum atomic E-state index is 12.3. The number of rotatable bonds is 5. The van der Waals surface area contributed by atoms with Crippen LogP contribution in [0.15, 0.2) is 35.2 Å². The Hall–Kier alpha value is -0.910. The Kier molecular flexibility index (Phi) is 4.96. The molecule has 2 rings (SSSR count). The van der Waals surface area contributed by atoms with Crippen LogP contribution in [0, 0.1) is 0 Å². The highest BCUT2D eigenvalue weighted by atomic mass is 32.2. The minimum Gasteiger partial charge on any atom is -0.377 e. The Bertz CT molecular complexity index is 485. The summed E-state index contributed by atoms with van der Waals surface area (Å²) < 4.78 is 33.0. The first-order chi connectivity index (χ1) is 9.13. The van der Waals surface area contributed by atoms with Gasteiger partial charge in [0, 0.05) is 12.6 Å². The van der Waals surface area contributed by atoms with Crippen LogP contribution in [0.5, 0.6) is 0 Å². The highest BCUT2D eigenvalue weighted by molar-refractivity contribution is 7.89. The zero-order chi connectivity index (χ0) is 13.7. The lowest BCUT2D eigenvalue weighted by Gasteiger charge is -2.31.